The lowest BCUT2D eigenvalue weighted by molar-refractivity contribution is -0.137. The van der Waals surface area contributed by atoms with Crippen LogP contribution in [0.4, 0.5) is 0 Å². The summed E-state index contributed by atoms with van der Waals surface area (Å²) in [5.74, 6) is 0.439. The molecule has 1 aromatic heterocycles. The molecular weight excluding hydrogens is 334 g/mol. The number of esters is 1. The molecule has 4 nitrogen and oxygen atoms in total. The Balaban J connectivity index is 2.25. The van der Waals surface area contributed by atoms with Gasteiger partial charge in [0.1, 0.15) is 23.2 Å². The number of carbonyl (C=O) groups is 1. The zero-order valence-electron chi connectivity index (χ0n) is 11.3. The van der Waals surface area contributed by atoms with E-state index in [1.165, 1.54) is 6.08 Å². The molecule has 0 aliphatic rings. The Bertz CT molecular complexity index is 708. The Labute approximate surface area is 130 Å². The second-order valence-electron chi connectivity index (χ2n) is 4.10. The molecule has 1 aromatic carbocycles. The zero-order chi connectivity index (χ0) is 15.2. The number of halogens is 1. The van der Waals surface area contributed by atoms with E-state index in [1.54, 1.807) is 19.1 Å². The molecule has 0 saturated carbocycles. The molecule has 2 aromatic rings. The lowest BCUT2D eigenvalue weighted by Gasteiger charge is -1.98. The molecule has 1 heterocycles. The van der Waals surface area contributed by atoms with Crippen LogP contribution in [0.3, 0.4) is 0 Å². The van der Waals surface area contributed by atoms with Gasteiger partial charge in [0.25, 0.3) is 0 Å². The molecule has 0 atom stereocenters. The largest absolute Gasteiger partial charge is 0.462 e. The number of furan rings is 1. The van der Waals surface area contributed by atoms with Crippen LogP contribution >= 0.6 is 15.9 Å². The summed E-state index contributed by atoms with van der Waals surface area (Å²) >= 11 is 3.37. The van der Waals surface area contributed by atoms with Crippen LogP contribution in [-0.2, 0) is 9.53 Å². The highest BCUT2D eigenvalue weighted by molar-refractivity contribution is 9.10. The fourth-order valence-electron chi connectivity index (χ4n) is 1.69. The van der Waals surface area contributed by atoms with E-state index in [1.807, 2.05) is 30.3 Å². The smallest absolute Gasteiger partial charge is 0.349 e. The Morgan fingerprint density at radius 3 is 2.67 bits per heavy atom. The minimum atomic E-state index is -0.651. The Hall–Kier alpha value is -2.32. The third kappa shape index (κ3) is 3.83. The summed E-state index contributed by atoms with van der Waals surface area (Å²) in [6.07, 6.45) is 1.38. The summed E-state index contributed by atoms with van der Waals surface area (Å²) in [6.45, 7) is 1.91. The highest BCUT2D eigenvalue weighted by atomic mass is 79.9. The van der Waals surface area contributed by atoms with Gasteiger partial charge in [0.15, 0.2) is 0 Å². The van der Waals surface area contributed by atoms with Gasteiger partial charge in [-0.25, -0.2) is 4.79 Å². The van der Waals surface area contributed by atoms with E-state index >= 15 is 0 Å². The number of benzene rings is 1. The van der Waals surface area contributed by atoms with E-state index in [2.05, 4.69) is 15.9 Å². The first-order valence-corrected chi connectivity index (χ1v) is 7.08. The van der Waals surface area contributed by atoms with Crippen molar-refractivity contribution in [2.75, 3.05) is 6.61 Å². The normalized spacial score (nSPS) is 11.0. The highest BCUT2D eigenvalue weighted by Crippen LogP contribution is 2.25. The first kappa shape index (κ1) is 15.1. The van der Waals surface area contributed by atoms with E-state index in [-0.39, 0.29) is 12.2 Å². The predicted octanol–water partition coefficient (Wildman–Crippen LogP) is 4.18. The maximum Gasteiger partial charge on any atom is 0.349 e. The Morgan fingerprint density at radius 1 is 1.33 bits per heavy atom. The van der Waals surface area contributed by atoms with Crippen molar-refractivity contribution in [3.63, 3.8) is 0 Å². The summed E-state index contributed by atoms with van der Waals surface area (Å²) in [4.78, 5) is 11.5. The van der Waals surface area contributed by atoms with Crippen LogP contribution in [0.2, 0.25) is 0 Å². The van der Waals surface area contributed by atoms with Crippen molar-refractivity contribution < 1.29 is 13.9 Å². The first-order valence-electron chi connectivity index (χ1n) is 6.28. The van der Waals surface area contributed by atoms with E-state index in [4.69, 9.17) is 14.4 Å². The lowest BCUT2D eigenvalue weighted by atomic mass is 10.2. The quantitative estimate of drug-likeness (QED) is 0.473. The van der Waals surface area contributed by atoms with Crippen molar-refractivity contribution in [2.45, 2.75) is 6.92 Å². The monoisotopic (exact) mass is 345 g/mol. The molecule has 2 rings (SSSR count). The van der Waals surface area contributed by atoms with Gasteiger partial charge in [-0.1, -0.05) is 28.1 Å². The molecule has 0 N–H and O–H groups in total. The summed E-state index contributed by atoms with van der Waals surface area (Å²) < 4.78 is 11.4. The van der Waals surface area contributed by atoms with Gasteiger partial charge in [-0.3, -0.25) is 0 Å². The van der Waals surface area contributed by atoms with Gasteiger partial charge in [0.2, 0.25) is 0 Å². The van der Waals surface area contributed by atoms with Crippen molar-refractivity contribution in [2.24, 2.45) is 0 Å². The number of hydrogen-bond donors (Lipinski definition) is 0. The number of ether oxygens (including phenoxy) is 1. The van der Waals surface area contributed by atoms with Crippen LogP contribution in [0.1, 0.15) is 12.7 Å². The minimum Gasteiger partial charge on any atom is -0.462 e. The van der Waals surface area contributed by atoms with Gasteiger partial charge < -0.3 is 9.15 Å². The van der Waals surface area contributed by atoms with Crippen LogP contribution < -0.4 is 0 Å². The van der Waals surface area contributed by atoms with Crippen molar-refractivity contribution in [1.29, 1.82) is 5.26 Å². The van der Waals surface area contributed by atoms with Crippen molar-refractivity contribution in [1.82, 2.24) is 0 Å². The molecular formula is C16H12BrNO3. The van der Waals surface area contributed by atoms with E-state index in [0.717, 1.165) is 10.0 Å². The number of nitrogens with zero attached hydrogens (tertiary/aromatic N) is 1. The number of nitriles is 1. The van der Waals surface area contributed by atoms with Crippen molar-refractivity contribution >= 4 is 28.0 Å². The molecule has 0 unspecified atom stereocenters. The molecule has 0 fully saturated rings. The summed E-state index contributed by atoms with van der Waals surface area (Å²) in [6, 6.07) is 12.9. The second kappa shape index (κ2) is 6.91. The van der Waals surface area contributed by atoms with Gasteiger partial charge in [0.05, 0.1) is 6.61 Å². The third-order valence-electron chi connectivity index (χ3n) is 2.66. The van der Waals surface area contributed by atoms with Gasteiger partial charge in [-0.2, -0.15) is 5.26 Å². The van der Waals surface area contributed by atoms with Gasteiger partial charge in [-0.15, -0.1) is 0 Å². The predicted molar refractivity (Wildman–Crippen MR) is 82.1 cm³/mol. The third-order valence-corrected chi connectivity index (χ3v) is 3.19. The highest BCUT2D eigenvalue weighted by Gasteiger charge is 2.11. The molecule has 0 aliphatic carbocycles. The molecule has 21 heavy (non-hydrogen) atoms. The minimum absolute atomic E-state index is 0.0893. The fourth-order valence-corrected chi connectivity index (χ4v) is 1.95. The maximum atomic E-state index is 11.5. The van der Waals surface area contributed by atoms with E-state index in [0.29, 0.717) is 11.5 Å². The molecule has 5 heteroatoms. The maximum absolute atomic E-state index is 11.5. The van der Waals surface area contributed by atoms with E-state index in [9.17, 15) is 4.79 Å². The van der Waals surface area contributed by atoms with Gasteiger partial charge in [-0.05, 0) is 31.2 Å². The number of rotatable bonds is 4. The van der Waals surface area contributed by atoms with Crippen LogP contribution in [0.5, 0.6) is 0 Å². The Kier molecular flexibility index (Phi) is 4.96. The fraction of sp³-hybridized carbons (Fsp3) is 0.125. The Morgan fingerprint density at radius 2 is 2.05 bits per heavy atom. The molecule has 0 spiro atoms. The summed E-state index contributed by atoms with van der Waals surface area (Å²) in [5, 5.41) is 8.97. The zero-order valence-corrected chi connectivity index (χ0v) is 12.9. The van der Waals surface area contributed by atoms with Crippen LogP contribution in [0.15, 0.2) is 50.9 Å². The van der Waals surface area contributed by atoms with Gasteiger partial charge >= 0.3 is 5.97 Å². The molecule has 0 aliphatic heterocycles. The topological polar surface area (TPSA) is 63.2 Å². The molecule has 0 radical (unpaired) electrons. The average molecular weight is 346 g/mol. The summed E-state index contributed by atoms with van der Waals surface area (Å²) in [5.41, 5.74) is 0.820. The molecule has 0 saturated heterocycles. The van der Waals surface area contributed by atoms with E-state index < -0.39 is 5.97 Å². The molecule has 106 valence electrons. The SMILES string of the molecule is CCOC(=O)/C(C#N)=C/c1ccc(-c2ccc(Br)cc2)o1. The van der Waals surface area contributed by atoms with Crippen molar-refractivity contribution in [3.8, 4) is 17.4 Å². The van der Waals surface area contributed by atoms with Gasteiger partial charge in [0, 0.05) is 16.1 Å². The number of hydrogen-bond acceptors (Lipinski definition) is 4. The standard InChI is InChI=1S/C16H12BrNO3/c1-2-20-16(19)12(10-18)9-14-7-8-15(21-14)11-3-5-13(17)6-4-11/h3-9H,2H2,1H3/b12-9+. The van der Waals surface area contributed by atoms with Crippen LogP contribution in [0, 0.1) is 11.3 Å². The van der Waals surface area contributed by atoms with Crippen LogP contribution in [-0.4, -0.2) is 12.6 Å². The summed E-state index contributed by atoms with van der Waals surface area (Å²) in [7, 11) is 0. The van der Waals surface area contributed by atoms with Crippen molar-refractivity contribution in [3.05, 3.63) is 52.2 Å². The average Bonchev–Trinajstić information content (AvgIpc) is 2.94. The first-order chi connectivity index (χ1) is 10.1. The molecule has 0 bridgehead atoms. The molecule has 0 amide bonds. The lowest BCUT2D eigenvalue weighted by Crippen LogP contribution is -2.05. The number of carbonyl (C=O) groups excluding carboxylic acids is 1. The second-order valence-corrected chi connectivity index (χ2v) is 5.01. The van der Waals surface area contributed by atoms with Crippen LogP contribution in [0.25, 0.3) is 17.4 Å².